The molecule has 2 heterocycles. The summed E-state index contributed by atoms with van der Waals surface area (Å²) in [6, 6.07) is 15.4. The molecule has 2 aliphatic heterocycles. The molecule has 31 nitrogen and oxygen atoms in total. The summed E-state index contributed by atoms with van der Waals surface area (Å²) in [5, 5.41) is 2.82. The number of anilines is 1. The number of thioether (sulfide) groups is 1. The van der Waals surface area contributed by atoms with E-state index in [9.17, 15) is 14.4 Å². The number of ether oxygens (including phenoxy) is 25. The Bertz CT molecular complexity index is 2520. The van der Waals surface area contributed by atoms with Gasteiger partial charge in [0.2, 0.25) is 17.7 Å². The predicted octanol–water partition coefficient (Wildman–Crippen LogP) is 3.49. The Morgan fingerprint density at radius 1 is 0.306 bits per heavy atom. The summed E-state index contributed by atoms with van der Waals surface area (Å²) in [5.74, 6) is 6.94. The maximum Gasteiger partial charge on any atom is 0.230 e. The second-order valence-electron chi connectivity index (χ2n) is 23.0. The summed E-state index contributed by atoms with van der Waals surface area (Å²) < 4.78 is 139. The first-order valence-corrected chi connectivity index (χ1v) is 39.1. The minimum atomic E-state index is -0.208. The second-order valence-corrected chi connectivity index (χ2v) is 24.7. The number of amides is 3. The summed E-state index contributed by atoms with van der Waals surface area (Å²) >= 11 is 6.70. The number of nitrogens with one attached hydrogen (secondary N) is 1. The summed E-state index contributed by atoms with van der Waals surface area (Å²) in [6.45, 7) is 24.4. The van der Waals surface area contributed by atoms with E-state index in [0.717, 1.165) is 28.1 Å². The van der Waals surface area contributed by atoms with Gasteiger partial charge in [-0.3, -0.25) is 19.3 Å². The quantitative estimate of drug-likeness (QED) is 0.0563. The lowest BCUT2D eigenvalue weighted by molar-refractivity contribution is -0.128. The largest absolute Gasteiger partial charge is 0.379 e. The lowest BCUT2D eigenvalue weighted by Crippen LogP contribution is -2.34. The monoisotopic (exact) mass is 1580 g/mol. The van der Waals surface area contributed by atoms with Crippen LogP contribution in [-0.2, 0) is 139 Å². The van der Waals surface area contributed by atoms with E-state index >= 15 is 0 Å². The van der Waals surface area contributed by atoms with Crippen molar-refractivity contribution in [2.24, 2.45) is 0 Å². The van der Waals surface area contributed by atoms with E-state index in [1.165, 1.54) is 11.8 Å². The molecule has 0 unspecified atom stereocenters. The number of thiocarbonyl (C=S) groups is 1. The molecule has 4 rings (SSSR count). The van der Waals surface area contributed by atoms with Gasteiger partial charge in [-0.2, -0.15) is 0 Å². The molecule has 2 aliphatic rings. The fraction of sp³-hybridized carbons (Fsp3) is 0.760. The number of benzene rings is 2. The van der Waals surface area contributed by atoms with Crippen molar-refractivity contribution in [3.63, 3.8) is 0 Å². The second kappa shape index (κ2) is 74.3. The first kappa shape index (κ1) is 96.2. The highest BCUT2D eigenvalue weighted by molar-refractivity contribution is 8.23. The lowest BCUT2D eigenvalue weighted by Gasteiger charge is -2.26. The molecular formula is C75H123N3O28S2. The molecule has 33 heteroatoms. The van der Waals surface area contributed by atoms with Crippen molar-refractivity contribution in [3.8, 4) is 11.8 Å². The van der Waals surface area contributed by atoms with Crippen LogP contribution in [0.4, 0.5) is 5.69 Å². The van der Waals surface area contributed by atoms with Gasteiger partial charge < -0.3 is 129 Å². The first-order valence-electron chi connectivity index (χ1n) is 37.7. The van der Waals surface area contributed by atoms with Crippen LogP contribution in [-0.4, -0.2) is 376 Å². The molecule has 2 aromatic rings. The zero-order valence-corrected chi connectivity index (χ0v) is 65.2. The third-order valence-electron chi connectivity index (χ3n) is 14.8. The number of fused-ring (bicyclic) bond motifs is 2. The van der Waals surface area contributed by atoms with Crippen molar-refractivity contribution in [3.05, 3.63) is 65.2 Å². The molecule has 2 aromatic carbocycles. The highest BCUT2D eigenvalue weighted by atomic mass is 32.2. The lowest BCUT2D eigenvalue weighted by atomic mass is 10.0. The van der Waals surface area contributed by atoms with Gasteiger partial charge in [-0.1, -0.05) is 66.2 Å². The Balaban J connectivity index is 0.697. The molecule has 1 saturated heterocycles. The Hall–Kier alpha value is -4.15. The average Bonchev–Trinajstić information content (AvgIpc) is 1.07. The topological polar surface area (TPSA) is 300 Å². The van der Waals surface area contributed by atoms with Crippen LogP contribution in [0, 0.1) is 11.8 Å². The summed E-state index contributed by atoms with van der Waals surface area (Å²) in [5.41, 5.74) is 3.38. The van der Waals surface area contributed by atoms with Gasteiger partial charge >= 0.3 is 0 Å². The maximum absolute atomic E-state index is 13.4. The van der Waals surface area contributed by atoms with Crippen molar-refractivity contribution in [2.45, 2.75) is 25.8 Å². The number of carbonyl (C=O) groups excluding carboxylic acids is 3. The van der Waals surface area contributed by atoms with Gasteiger partial charge in [-0.05, 0) is 23.8 Å². The fourth-order valence-corrected chi connectivity index (χ4v) is 10.4. The van der Waals surface area contributed by atoms with Gasteiger partial charge in [0.15, 0.2) is 0 Å². The SMILES string of the molecule is O=C(CCC(=O)N1Cc2ccccc2C#Cc2ccccc21)NCCOCCOCCOCCOCCOCCOCCOCCOCCOCCOCCOCCOCCOCCOCCOCCOCCOCCOCCOCCOCCOCCOCCOCCOCCOCCC(=O)N1CCSC1=S. The molecule has 108 heavy (non-hydrogen) atoms. The number of nitrogens with zero attached hydrogens (tertiary/aromatic N) is 2. The van der Waals surface area contributed by atoms with Crippen LogP contribution in [0.1, 0.15) is 36.0 Å². The van der Waals surface area contributed by atoms with E-state index in [-0.39, 0.29) is 30.6 Å². The zero-order valence-electron chi connectivity index (χ0n) is 63.6. The molecule has 0 spiro atoms. The van der Waals surface area contributed by atoms with Gasteiger partial charge in [-0.15, -0.1) is 0 Å². The molecule has 0 aromatic heterocycles. The Morgan fingerprint density at radius 2 is 0.556 bits per heavy atom. The van der Waals surface area contributed by atoms with E-state index < -0.39 is 0 Å². The first-order chi connectivity index (χ1) is 53.5. The van der Waals surface area contributed by atoms with E-state index in [1.807, 2.05) is 48.5 Å². The predicted molar refractivity (Wildman–Crippen MR) is 404 cm³/mol. The number of para-hydroxylation sites is 1. The Labute approximate surface area is 648 Å². The molecule has 618 valence electrons. The minimum absolute atomic E-state index is 0.0118. The average molecular weight is 1580 g/mol. The van der Waals surface area contributed by atoms with Crippen molar-refractivity contribution in [2.75, 3.05) is 354 Å². The standard InChI is InChI=1S/C75H123N3O28S2/c79-72(11-12-73(80)78-67-70-7-2-1-5-68(70)9-10-69-6-3-4-8-71(69)78)76-14-17-83-19-21-85-23-25-87-27-29-89-31-33-91-35-37-93-39-41-95-43-45-97-47-49-99-51-53-101-55-57-103-59-61-105-63-65-106-64-62-104-60-58-102-56-54-100-52-50-98-48-46-96-44-42-94-40-38-92-36-34-90-32-30-88-28-26-86-24-22-84-20-18-82-16-13-74(81)77-15-66-108-75(77)107/h1-8H,11-67H2,(H,76,79). The van der Waals surface area contributed by atoms with Crippen LogP contribution in [0.15, 0.2) is 48.5 Å². The molecular weight excluding hydrogens is 1450 g/mol. The van der Waals surface area contributed by atoms with Gasteiger partial charge in [0, 0.05) is 42.8 Å². The summed E-state index contributed by atoms with van der Waals surface area (Å²) in [6.07, 6.45) is 0.477. The molecule has 1 fully saturated rings. The van der Waals surface area contributed by atoms with Crippen molar-refractivity contribution < 1.29 is 133 Å². The molecule has 0 aliphatic carbocycles. The molecule has 1 N–H and O–H groups in total. The van der Waals surface area contributed by atoms with Crippen LogP contribution >= 0.6 is 24.0 Å². The summed E-state index contributed by atoms with van der Waals surface area (Å²) in [4.78, 5) is 41.3. The van der Waals surface area contributed by atoms with Crippen LogP contribution in [0.25, 0.3) is 0 Å². The highest BCUT2D eigenvalue weighted by Gasteiger charge is 2.24. The molecule has 0 bridgehead atoms. The van der Waals surface area contributed by atoms with Crippen LogP contribution < -0.4 is 10.2 Å². The van der Waals surface area contributed by atoms with E-state index in [0.29, 0.717) is 361 Å². The highest BCUT2D eigenvalue weighted by Crippen LogP contribution is 2.26. The van der Waals surface area contributed by atoms with Gasteiger partial charge in [0.1, 0.15) is 4.32 Å². The Kier molecular flexibility index (Phi) is 66.2. The number of hydrogen-bond donors (Lipinski definition) is 1. The number of carbonyl (C=O) groups is 3. The normalized spacial score (nSPS) is 12.7. The molecule has 0 radical (unpaired) electrons. The van der Waals surface area contributed by atoms with Crippen LogP contribution in [0.3, 0.4) is 0 Å². The van der Waals surface area contributed by atoms with Crippen molar-refractivity contribution in [1.82, 2.24) is 10.2 Å². The summed E-state index contributed by atoms with van der Waals surface area (Å²) in [7, 11) is 0. The van der Waals surface area contributed by atoms with Crippen LogP contribution in [0.2, 0.25) is 0 Å². The fourth-order valence-electron chi connectivity index (χ4n) is 9.21. The van der Waals surface area contributed by atoms with Gasteiger partial charge in [-0.25, -0.2) is 0 Å². The van der Waals surface area contributed by atoms with E-state index in [4.69, 9.17) is 131 Å². The maximum atomic E-state index is 13.4. The van der Waals surface area contributed by atoms with Gasteiger partial charge in [0.25, 0.3) is 0 Å². The molecule has 0 saturated carbocycles. The van der Waals surface area contributed by atoms with Crippen molar-refractivity contribution >= 4 is 51.7 Å². The van der Waals surface area contributed by atoms with E-state index in [1.54, 1.807) is 9.80 Å². The van der Waals surface area contributed by atoms with Crippen LogP contribution in [0.5, 0.6) is 0 Å². The number of hydrogen-bond acceptors (Lipinski definition) is 30. The zero-order chi connectivity index (χ0) is 76.2. The third kappa shape index (κ3) is 57.0. The molecule has 3 amide bonds. The number of rotatable bonds is 81. The smallest absolute Gasteiger partial charge is 0.230 e. The Morgan fingerprint density at radius 3 is 0.852 bits per heavy atom. The van der Waals surface area contributed by atoms with Crippen molar-refractivity contribution in [1.29, 1.82) is 0 Å². The molecule has 0 atom stereocenters. The van der Waals surface area contributed by atoms with Gasteiger partial charge in [0.05, 0.1) is 349 Å². The third-order valence-corrected chi connectivity index (χ3v) is 16.2. The van der Waals surface area contributed by atoms with E-state index in [2.05, 4.69) is 17.2 Å². The minimum Gasteiger partial charge on any atom is -0.379 e.